The summed E-state index contributed by atoms with van der Waals surface area (Å²) in [6.45, 7) is 2.19. The highest BCUT2D eigenvalue weighted by Gasteiger charge is 2.15. The Morgan fingerprint density at radius 1 is 1.38 bits per heavy atom. The van der Waals surface area contributed by atoms with Gasteiger partial charge in [0.2, 0.25) is 5.88 Å². The van der Waals surface area contributed by atoms with Crippen LogP contribution in [-0.4, -0.2) is 28.0 Å². The first-order chi connectivity index (χ1) is 12.4. The van der Waals surface area contributed by atoms with Gasteiger partial charge in [0.25, 0.3) is 5.91 Å². The first-order valence-electron chi connectivity index (χ1n) is 7.85. The molecule has 7 heteroatoms. The molecule has 0 aliphatic carbocycles. The number of amides is 1. The molecule has 0 unspecified atom stereocenters. The number of ether oxygens (including phenoxy) is 1. The van der Waals surface area contributed by atoms with Crippen molar-refractivity contribution in [1.82, 2.24) is 10.3 Å². The van der Waals surface area contributed by atoms with E-state index in [1.807, 2.05) is 13.0 Å². The van der Waals surface area contributed by atoms with Crippen molar-refractivity contribution in [3.63, 3.8) is 0 Å². The summed E-state index contributed by atoms with van der Waals surface area (Å²) in [5.74, 6) is 1.45. The highest BCUT2D eigenvalue weighted by molar-refractivity contribution is 5.95. The number of carboxylic acid groups (broad SMARTS) is 1. The van der Waals surface area contributed by atoms with Gasteiger partial charge in [0.1, 0.15) is 11.8 Å². The Balaban J connectivity index is 2.15. The Morgan fingerprint density at radius 3 is 2.81 bits per heavy atom. The Morgan fingerprint density at radius 2 is 2.15 bits per heavy atom. The fraction of sp³-hybridized carbons (Fsp3) is 0.211. The number of pyridine rings is 1. The summed E-state index contributed by atoms with van der Waals surface area (Å²) in [6, 6.07) is 9.11. The van der Waals surface area contributed by atoms with E-state index in [-0.39, 0.29) is 6.42 Å². The molecule has 2 aromatic rings. The highest BCUT2D eigenvalue weighted by Crippen LogP contribution is 2.22. The third kappa shape index (κ3) is 5.33. The van der Waals surface area contributed by atoms with Crippen molar-refractivity contribution in [3.05, 3.63) is 53.2 Å². The molecule has 4 N–H and O–H groups in total. The van der Waals surface area contributed by atoms with E-state index in [0.717, 1.165) is 11.3 Å². The summed E-state index contributed by atoms with van der Waals surface area (Å²) in [4.78, 5) is 27.3. The fourth-order valence-electron chi connectivity index (χ4n) is 2.27. The van der Waals surface area contributed by atoms with E-state index < -0.39 is 17.9 Å². The second kappa shape index (κ2) is 8.65. The van der Waals surface area contributed by atoms with Gasteiger partial charge in [0, 0.05) is 23.9 Å². The number of carboxylic acids is 1. The zero-order valence-corrected chi connectivity index (χ0v) is 14.2. The number of aryl methyl sites for hydroxylation is 1. The number of terminal acetylenes is 1. The summed E-state index contributed by atoms with van der Waals surface area (Å²) in [7, 11) is 0. The molecule has 1 aromatic heterocycles. The molecule has 1 amide bonds. The van der Waals surface area contributed by atoms with Gasteiger partial charge in [-0.2, -0.15) is 0 Å². The average molecular weight is 353 g/mol. The number of nitrogens with one attached hydrogen (secondary N) is 1. The topological polar surface area (TPSA) is 115 Å². The predicted molar refractivity (Wildman–Crippen MR) is 95.7 cm³/mol. The maximum Gasteiger partial charge on any atom is 0.306 e. The largest absolute Gasteiger partial charge is 0.481 e. The lowest BCUT2D eigenvalue weighted by Gasteiger charge is -2.12. The molecule has 1 atom stereocenters. The van der Waals surface area contributed by atoms with Gasteiger partial charge in [-0.25, -0.2) is 4.98 Å². The standard InChI is InChI=1S/C19H19N3O4/c1-3-15(10-18(23)24)22-19(25)14-5-4-6-16(9-14)26-17-8-13(11-20)7-12(2)21-17/h1,4-9,15H,10-11,20H2,2H3,(H,22,25)(H,23,24)/t15-/m1/s1. The number of carbonyl (C=O) groups excluding carboxylic acids is 1. The van der Waals surface area contributed by atoms with Crippen LogP contribution in [0.25, 0.3) is 0 Å². The van der Waals surface area contributed by atoms with E-state index in [1.165, 1.54) is 6.07 Å². The molecule has 134 valence electrons. The van der Waals surface area contributed by atoms with E-state index in [9.17, 15) is 9.59 Å². The maximum absolute atomic E-state index is 12.3. The van der Waals surface area contributed by atoms with Gasteiger partial charge < -0.3 is 20.9 Å². The Hall–Kier alpha value is -3.37. The lowest BCUT2D eigenvalue weighted by Crippen LogP contribution is -2.35. The number of aromatic nitrogens is 1. The van der Waals surface area contributed by atoms with Crippen molar-refractivity contribution < 1.29 is 19.4 Å². The molecule has 0 spiro atoms. The molecule has 7 nitrogen and oxygen atoms in total. The van der Waals surface area contributed by atoms with Gasteiger partial charge in [-0.1, -0.05) is 12.0 Å². The van der Waals surface area contributed by atoms with Crippen LogP contribution in [-0.2, 0) is 11.3 Å². The molecule has 26 heavy (non-hydrogen) atoms. The number of nitrogens with zero attached hydrogens (tertiary/aromatic N) is 1. The zero-order valence-electron chi connectivity index (χ0n) is 14.2. The normalized spacial score (nSPS) is 11.3. The Labute approximate surface area is 151 Å². The molecule has 0 aliphatic heterocycles. The van der Waals surface area contributed by atoms with Crippen molar-refractivity contribution in [1.29, 1.82) is 0 Å². The number of rotatable bonds is 7. The van der Waals surface area contributed by atoms with Crippen molar-refractivity contribution >= 4 is 11.9 Å². The minimum Gasteiger partial charge on any atom is -0.481 e. The minimum atomic E-state index is -1.09. The molecule has 2 rings (SSSR count). The number of hydrogen-bond donors (Lipinski definition) is 3. The summed E-state index contributed by atoms with van der Waals surface area (Å²) < 4.78 is 5.71. The Kier molecular flexibility index (Phi) is 6.31. The second-order valence-electron chi connectivity index (χ2n) is 5.58. The van der Waals surface area contributed by atoms with Crippen LogP contribution in [0.1, 0.15) is 28.0 Å². The van der Waals surface area contributed by atoms with E-state index >= 15 is 0 Å². The van der Waals surface area contributed by atoms with Gasteiger partial charge in [-0.15, -0.1) is 6.42 Å². The van der Waals surface area contributed by atoms with Crippen LogP contribution in [0.2, 0.25) is 0 Å². The van der Waals surface area contributed by atoms with Gasteiger partial charge in [0.15, 0.2) is 0 Å². The summed E-state index contributed by atoms with van der Waals surface area (Å²) in [5.41, 5.74) is 7.58. The third-order valence-electron chi connectivity index (χ3n) is 3.43. The number of benzene rings is 1. The molecular formula is C19H19N3O4. The lowest BCUT2D eigenvalue weighted by molar-refractivity contribution is -0.137. The van der Waals surface area contributed by atoms with Crippen LogP contribution in [0.5, 0.6) is 11.6 Å². The fourth-order valence-corrected chi connectivity index (χ4v) is 2.27. The lowest BCUT2D eigenvalue weighted by atomic mass is 10.1. The van der Waals surface area contributed by atoms with Crippen LogP contribution in [0.3, 0.4) is 0 Å². The Bertz CT molecular complexity index is 858. The number of aliphatic carboxylic acids is 1. The first kappa shape index (κ1) is 19.0. The molecule has 1 aromatic carbocycles. The quantitative estimate of drug-likeness (QED) is 0.655. The van der Waals surface area contributed by atoms with Gasteiger partial charge in [-0.3, -0.25) is 9.59 Å². The smallest absolute Gasteiger partial charge is 0.306 e. The highest BCUT2D eigenvalue weighted by atomic mass is 16.5. The molecule has 0 bridgehead atoms. The summed E-state index contributed by atoms with van der Waals surface area (Å²) in [6.07, 6.45) is 4.90. The number of nitrogens with two attached hydrogens (primary N) is 1. The van der Waals surface area contributed by atoms with Gasteiger partial charge in [-0.05, 0) is 36.8 Å². The minimum absolute atomic E-state index is 0.292. The number of carbonyl (C=O) groups is 2. The van der Waals surface area contributed by atoms with E-state index in [4.69, 9.17) is 22.0 Å². The van der Waals surface area contributed by atoms with Crippen LogP contribution in [0.15, 0.2) is 36.4 Å². The average Bonchev–Trinajstić information content (AvgIpc) is 2.60. The second-order valence-corrected chi connectivity index (χ2v) is 5.58. The first-order valence-corrected chi connectivity index (χ1v) is 7.85. The maximum atomic E-state index is 12.3. The van der Waals surface area contributed by atoms with Crippen LogP contribution >= 0.6 is 0 Å². The van der Waals surface area contributed by atoms with Gasteiger partial charge >= 0.3 is 5.97 Å². The monoisotopic (exact) mass is 353 g/mol. The van der Waals surface area contributed by atoms with Crippen molar-refractivity contribution in [3.8, 4) is 24.0 Å². The molecule has 0 fully saturated rings. The van der Waals surface area contributed by atoms with E-state index in [1.54, 1.807) is 24.3 Å². The van der Waals surface area contributed by atoms with Crippen LogP contribution in [0, 0.1) is 19.3 Å². The van der Waals surface area contributed by atoms with E-state index in [2.05, 4.69) is 16.2 Å². The molecule has 1 heterocycles. The van der Waals surface area contributed by atoms with Crippen LogP contribution < -0.4 is 15.8 Å². The number of hydrogen-bond acceptors (Lipinski definition) is 5. The molecule has 0 aliphatic rings. The summed E-state index contributed by atoms with van der Waals surface area (Å²) >= 11 is 0. The SMILES string of the molecule is C#C[C@H](CC(=O)O)NC(=O)c1cccc(Oc2cc(CN)cc(C)n2)c1. The molecule has 0 saturated carbocycles. The van der Waals surface area contributed by atoms with Crippen molar-refractivity contribution in [2.75, 3.05) is 0 Å². The molecular weight excluding hydrogens is 334 g/mol. The zero-order chi connectivity index (χ0) is 19.1. The third-order valence-corrected chi connectivity index (χ3v) is 3.43. The van der Waals surface area contributed by atoms with Crippen LogP contribution in [0.4, 0.5) is 0 Å². The van der Waals surface area contributed by atoms with Gasteiger partial charge in [0.05, 0.1) is 6.42 Å². The van der Waals surface area contributed by atoms with E-state index in [0.29, 0.717) is 23.7 Å². The summed E-state index contributed by atoms with van der Waals surface area (Å²) in [5, 5.41) is 11.3. The van der Waals surface area contributed by atoms with Crippen molar-refractivity contribution in [2.45, 2.75) is 25.9 Å². The van der Waals surface area contributed by atoms with Crippen molar-refractivity contribution in [2.24, 2.45) is 5.73 Å². The predicted octanol–water partition coefficient (Wildman–Crippen LogP) is 1.85. The molecule has 0 saturated heterocycles. The molecule has 0 radical (unpaired) electrons.